The van der Waals surface area contributed by atoms with E-state index in [-0.39, 0.29) is 18.1 Å². The molecule has 4 nitrogen and oxygen atoms in total. The lowest BCUT2D eigenvalue weighted by Gasteiger charge is -2.38. The minimum atomic E-state index is -0.403. The van der Waals surface area contributed by atoms with E-state index in [0.29, 0.717) is 6.79 Å². The zero-order valence-electron chi connectivity index (χ0n) is 7.79. The SMILES string of the molecule is CC12CC(NC1=O)C1OCOC12C. The summed E-state index contributed by atoms with van der Waals surface area (Å²) < 4.78 is 11.1. The Morgan fingerprint density at radius 1 is 1.54 bits per heavy atom. The van der Waals surface area contributed by atoms with E-state index in [1.54, 1.807) is 0 Å². The van der Waals surface area contributed by atoms with Gasteiger partial charge in [0.1, 0.15) is 18.5 Å². The third kappa shape index (κ3) is 0.616. The van der Waals surface area contributed by atoms with E-state index in [9.17, 15) is 4.79 Å². The molecule has 2 heterocycles. The van der Waals surface area contributed by atoms with Crippen molar-refractivity contribution >= 4 is 5.91 Å². The molecule has 1 saturated carbocycles. The second-order valence-electron chi connectivity index (χ2n) is 4.57. The van der Waals surface area contributed by atoms with Gasteiger partial charge in [0.2, 0.25) is 5.91 Å². The van der Waals surface area contributed by atoms with Crippen LogP contribution in [-0.4, -0.2) is 30.4 Å². The molecule has 13 heavy (non-hydrogen) atoms. The van der Waals surface area contributed by atoms with Crippen LogP contribution in [0.25, 0.3) is 0 Å². The molecule has 3 aliphatic rings. The van der Waals surface area contributed by atoms with E-state index in [4.69, 9.17) is 9.47 Å². The van der Waals surface area contributed by atoms with E-state index in [1.165, 1.54) is 0 Å². The number of rotatable bonds is 0. The van der Waals surface area contributed by atoms with E-state index < -0.39 is 11.0 Å². The Hall–Kier alpha value is -0.610. The fourth-order valence-corrected chi connectivity index (χ4v) is 2.97. The fraction of sp³-hybridized carbons (Fsp3) is 0.889. The van der Waals surface area contributed by atoms with Crippen LogP contribution in [0.5, 0.6) is 0 Å². The first-order valence-electron chi connectivity index (χ1n) is 4.64. The summed E-state index contributed by atoms with van der Waals surface area (Å²) >= 11 is 0. The molecule has 1 aliphatic carbocycles. The lowest BCUT2D eigenvalue weighted by Crippen LogP contribution is -2.59. The Morgan fingerprint density at radius 3 is 3.08 bits per heavy atom. The van der Waals surface area contributed by atoms with Crippen LogP contribution >= 0.6 is 0 Å². The van der Waals surface area contributed by atoms with Gasteiger partial charge in [0.25, 0.3) is 0 Å². The number of hydrogen-bond donors (Lipinski definition) is 1. The van der Waals surface area contributed by atoms with Crippen molar-refractivity contribution in [1.82, 2.24) is 5.32 Å². The molecule has 2 aliphatic heterocycles. The van der Waals surface area contributed by atoms with Crippen LogP contribution < -0.4 is 5.32 Å². The topological polar surface area (TPSA) is 47.6 Å². The minimum Gasteiger partial charge on any atom is -0.350 e. The molecule has 4 heteroatoms. The van der Waals surface area contributed by atoms with Crippen LogP contribution in [0.15, 0.2) is 0 Å². The zero-order chi connectivity index (χ0) is 9.27. The highest BCUT2D eigenvalue weighted by molar-refractivity contribution is 5.88. The number of amides is 1. The molecular weight excluding hydrogens is 170 g/mol. The average molecular weight is 183 g/mol. The maximum absolute atomic E-state index is 11.7. The highest BCUT2D eigenvalue weighted by Gasteiger charge is 2.71. The maximum atomic E-state index is 11.7. The van der Waals surface area contributed by atoms with Crippen LogP contribution in [0.3, 0.4) is 0 Å². The number of carbonyl (C=O) groups excluding carboxylic acids is 1. The largest absolute Gasteiger partial charge is 0.350 e. The number of nitrogens with one attached hydrogen (secondary N) is 1. The third-order valence-electron chi connectivity index (χ3n) is 4.06. The molecule has 2 saturated heterocycles. The molecule has 0 aromatic heterocycles. The smallest absolute Gasteiger partial charge is 0.229 e. The first-order valence-corrected chi connectivity index (χ1v) is 4.64. The summed E-state index contributed by atoms with van der Waals surface area (Å²) in [7, 11) is 0. The van der Waals surface area contributed by atoms with Crippen molar-refractivity contribution in [2.45, 2.75) is 38.0 Å². The summed E-state index contributed by atoms with van der Waals surface area (Å²) in [5.41, 5.74) is -0.793. The van der Waals surface area contributed by atoms with Crippen molar-refractivity contribution in [1.29, 1.82) is 0 Å². The van der Waals surface area contributed by atoms with Gasteiger partial charge in [-0.2, -0.15) is 0 Å². The molecule has 4 atom stereocenters. The molecule has 3 rings (SSSR count). The number of ether oxygens (including phenoxy) is 2. The number of piperidine rings is 1. The molecule has 0 radical (unpaired) electrons. The van der Waals surface area contributed by atoms with Gasteiger partial charge in [-0.25, -0.2) is 0 Å². The highest BCUT2D eigenvalue weighted by atomic mass is 16.7. The maximum Gasteiger partial charge on any atom is 0.229 e. The minimum absolute atomic E-state index is 0.0511. The summed E-state index contributed by atoms with van der Waals surface area (Å²) in [4.78, 5) is 11.7. The zero-order valence-corrected chi connectivity index (χ0v) is 7.79. The molecule has 0 spiro atoms. The standard InChI is InChI=1S/C9H13NO3/c1-8-3-5(10-7(8)11)6-9(8,2)13-4-12-6/h5-6H,3-4H2,1-2H3,(H,10,11). The second-order valence-corrected chi connectivity index (χ2v) is 4.57. The van der Waals surface area contributed by atoms with Gasteiger partial charge >= 0.3 is 0 Å². The van der Waals surface area contributed by atoms with Crippen LogP contribution in [-0.2, 0) is 14.3 Å². The van der Waals surface area contributed by atoms with E-state index in [0.717, 1.165) is 6.42 Å². The van der Waals surface area contributed by atoms with Crippen molar-refractivity contribution in [3.05, 3.63) is 0 Å². The van der Waals surface area contributed by atoms with Crippen LogP contribution in [0.2, 0.25) is 0 Å². The molecule has 3 fully saturated rings. The van der Waals surface area contributed by atoms with Gasteiger partial charge < -0.3 is 14.8 Å². The Balaban J connectivity index is 2.12. The van der Waals surface area contributed by atoms with Crippen LogP contribution in [0.1, 0.15) is 20.3 Å². The van der Waals surface area contributed by atoms with E-state index in [2.05, 4.69) is 5.32 Å². The monoisotopic (exact) mass is 183 g/mol. The Bertz CT molecular complexity index is 293. The highest BCUT2D eigenvalue weighted by Crippen LogP contribution is 2.56. The molecule has 1 amide bonds. The van der Waals surface area contributed by atoms with E-state index in [1.807, 2.05) is 13.8 Å². The quantitative estimate of drug-likeness (QED) is 0.576. The summed E-state index contributed by atoms with van der Waals surface area (Å²) in [6.45, 7) is 4.28. The second kappa shape index (κ2) is 1.91. The molecule has 1 N–H and O–H groups in total. The van der Waals surface area contributed by atoms with Crippen molar-refractivity contribution in [2.75, 3.05) is 6.79 Å². The summed E-state index contributed by atoms with van der Waals surface area (Å²) in [5.74, 6) is 0.113. The molecule has 72 valence electrons. The lowest BCUT2D eigenvalue weighted by atomic mass is 9.75. The van der Waals surface area contributed by atoms with Crippen LogP contribution in [0, 0.1) is 5.41 Å². The first kappa shape index (κ1) is 7.76. The van der Waals surface area contributed by atoms with Gasteiger partial charge in [-0.15, -0.1) is 0 Å². The van der Waals surface area contributed by atoms with Crippen molar-refractivity contribution in [2.24, 2.45) is 5.41 Å². The Labute approximate surface area is 76.6 Å². The number of hydrogen-bond acceptors (Lipinski definition) is 3. The lowest BCUT2D eigenvalue weighted by molar-refractivity contribution is -0.145. The fourth-order valence-electron chi connectivity index (χ4n) is 2.97. The number of fused-ring (bicyclic) bond motifs is 5. The summed E-state index contributed by atoms with van der Waals surface area (Å²) in [6.07, 6.45) is 0.891. The summed E-state index contributed by atoms with van der Waals surface area (Å²) in [6, 6.07) is 0.157. The van der Waals surface area contributed by atoms with Gasteiger partial charge in [0.05, 0.1) is 11.5 Å². The normalized spacial score (nSPS) is 58.2. The predicted octanol–water partition coefficient (Wildman–Crippen LogP) is 0.0264. The van der Waals surface area contributed by atoms with Crippen molar-refractivity contribution < 1.29 is 14.3 Å². The van der Waals surface area contributed by atoms with Gasteiger partial charge in [-0.3, -0.25) is 4.79 Å². The third-order valence-corrected chi connectivity index (χ3v) is 4.06. The van der Waals surface area contributed by atoms with E-state index >= 15 is 0 Å². The van der Waals surface area contributed by atoms with Gasteiger partial charge in [-0.1, -0.05) is 0 Å². The predicted molar refractivity (Wildman–Crippen MR) is 43.9 cm³/mol. The van der Waals surface area contributed by atoms with Crippen molar-refractivity contribution in [3.63, 3.8) is 0 Å². The van der Waals surface area contributed by atoms with Crippen LogP contribution in [0.4, 0.5) is 0 Å². The Kier molecular flexibility index (Phi) is 1.14. The average Bonchev–Trinajstić information content (AvgIpc) is 2.61. The van der Waals surface area contributed by atoms with Gasteiger partial charge in [0.15, 0.2) is 0 Å². The molecule has 4 unspecified atom stereocenters. The number of carbonyl (C=O) groups is 1. The Morgan fingerprint density at radius 2 is 2.31 bits per heavy atom. The molecule has 0 aromatic rings. The van der Waals surface area contributed by atoms with Gasteiger partial charge in [0, 0.05) is 0 Å². The summed E-state index contributed by atoms with van der Waals surface area (Å²) in [5, 5.41) is 2.95. The first-order chi connectivity index (χ1) is 6.08. The van der Waals surface area contributed by atoms with Gasteiger partial charge in [-0.05, 0) is 20.3 Å². The molecule has 0 aromatic carbocycles. The van der Waals surface area contributed by atoms with Crippen molar-refractivity contribution in [3.8, 4) is 0 Å². The molecule has 2 bridgehead atoms. The molecular formula is C9H13NO3.